The van der Waals surface area contributed by atoms with Gasteiger partial charge in [0.1, 0.15) is 5.75 Å². The quantitative estimate of drug-likeness (QED) is 0.783. The normalized spacial score (nSPS) is 15.0. The lowest BCUT2D eigenvalue weighted by atomic mass is 9.90. The van der Waals surface area contributed by atoms with Crippen molar-refractivity contribution >= 4 is 38.9 Å². The summed E-state index contributed by atoms with van der Waals surface area (Å²) in [7, 11) is 1.64. The van der Waals surface area contributed by atoms with Crippen LogP contribution in [0.4, 0.5) is 5.69 Å². The first-order valence-electron chi connectivity index (χ1n) is 7.35. The third-order valence-corrected chi connectivity index (χ3v) is 5.55. The average molecular weight is 347 g/mol. The van der Waals surface area contributed by atoms with Gasteiger partial charge in [0.05, 0.1) is 17.2 Å². The molecule has 1 aliphatic heterocycles. The van der Waals surface area contributed by atoms with Crippen LogP contribution in [0, 0.1) is 0 Å². The van der Waals surface area contributed by atoms with E-state index < -0.39 is 0 Å². The van der Waals surface area contributed by atoms with Crippen LogP contribution in [0.2, 0.25) is 5.02 Å². The first-order valence-corrected chi connectivity index (χ1v) is 8.55. The van der Waals surface area contributed by atoms with E-state index >= 15 is 0 Å². The second-order valence-electron chi connectivity index (χ2n) is 5.70. The zero-order valence-corrected chi connectivity index (χ0v) is 14.1. The number of H-pyrrole nitrogens is 1. The maximum absolute atomic E-state index is 11.8. The molecule has 4 nitrogen and oxygen atoms in total. The third kappa shape index (κ3) is 2.50. The minimum atomic E-state index is -0.0119. The molecule has 0 spiro atoms. The van der Waals surface area contributed by atoms with Crippen molar-refractivity contribution in [2.75, 3.05) is 25.1 Å². The van der Waals surface area contributed by atoms with E-state index in [2.05, 4.69) is 15.3 Å². The highest BCUT2D eigenvalue weighted by Gasteiger charge is 2.30. The monoisotopic (exact) mass is 346 g/mol. The summed E-state index contributed by atoms with van der Waals surface area (Å²) in [5, 5.41) is 1.51. The van der Waals surface area contributed by atoms with Crippen molar-refractivity contribution in [1.82, 2.24) is 4.37 Å². The van der Waals surface area contributed by atoms with Gasteiger partial charge >= 0.3 is 0 Å². The summed E-state index contributed by atoms with van der Waals surface area (Å²) in [6.45, 7) is 1.80. The number of ether oxygens (including phenoxy) is 1. The lowest BCUT2D eigenvalue weighted by molar-refractivity contribution is 0.414. The maximum Gasteiger partial charge on any atom is 0.265 e. The molecular formula is C17H15ClN2O2S. The molecule has 0 amide bonds. The van der Waals surface area contributed by atoms with Gasteiger partial charge in [-0.15, -0.1) is 0 Å². The van der Waals surface area contributed by atoms with Crippen LogP contribution in [0.5, 0.6) is 5.75 Å². The predicted octanol–water partition coefficient (Wildman–Crippen LogP) is 3.86. The summed E-state index contributed by atoms with van der Waals surface area (Å²) in [5.41, 5.74) is 2.22. The molecule has 2 heterocycles. The lowest BCUT2D eigenvalue weighted by Gasteiger charge is -2.41. The third-order valence-electron chi connectivity index (χ3n) is 4.36. The Kier molecular flexibility index (Phi) is 3.54. The summed E-state index contributed by atoms with van der Waals surface area (Å²) >= 11 is 7.73. The molecule has 0 unspecified atom stereocenters. The summed E-state index contributed by atoms with van der Waals surface area (Å²) in [6.07, 6.45) is 0. The molecule has 23 heavy (non-hydrogen) atoms. The van der Waals surface area contributed by atoms with Gasteiger partial charge in [-0.25, -0.2) is 0 Å². The van der Waals surface area contributed by atoms with Gasteiger partial charge in [0.2, 0.25) is 0 Å². The number of anilines is 1. The molecule has 4 rings (SSSR count). The van der Waals surface area contributed by atoms with Crippen molar-refractivity contribution < 1.29 is 4.74 Å². The van der Waals surface area contributed by atoms with Crippen LogP contribution in [-0.2, 0) is 0 Å². The summed E-state index contributed by atoms with van der Waals surface area (Å²) in [4.78, 5) is 14.0. The zero-order valence-electron chi connectivity index (χ0n) is 12.5. The molecule has 1 N–H and O–H groups in total. The SMILES string of the molecule is COc1ccc(C2CN(c3ccc4s[nH]c(=O)c4c3)C2)c(Cl)c1. The van der Waals surface area contributed by atoms with Crippen LogP contribution in [0.15, 0.2) is 41.2 Å². The topological polar surface area (TPSA) is 45.3 Å². The highest BCUT2D eigenvalue weighted by atomic mass is 35.5. The summed E-state index contributed by atoms with van der Waals surface area (Å²) in [6, 6.07) is 11.9. The van der Waals surface area contributed by atoms with E-state index in [9.17, 15) is 4.79 Å². The molecular weight excluding hydrogens is 332 g/mol. The number of aromatic nitrogens is 1. The minimum absolute atomic E-state index is 0.0119. The van der Waals surface area contributed by atoms with Crippen LogP contribution in [-0.4, -0.2) is 24.6 Å². The van der Waals surface area contributed by atoms with Crippen molar-refractivity contribution in [3.05, 3.63) is 57.3 Å². The minimum Gasteiger partial charge on any atom is -0.497 e. The molecule has 1 aliphatic rings. The summed E-state index contributed by atoms with van der Waals surface area (Å²) in [5.74, 6) is 1.18. The summed E-state index contributed by atoms with van der Waals surface area (Å²) < 4.78 is 8.95. The maximum atomic E-state index is 11.8. The van der Waals surface area contributed by atoms with Gasteiger partial charge in [-0.1, -0.05) is 29.2 Å². The van der Waals surface area contributed by atoms with Crippen molar-refractivity contribution in [3.63, 3.8) is 0 Å². The molecule has 3 aromatic rings. The van der Waals surface area contributed by atoms with E-state index in [0.717, 1.165) is 45.2 Å². The first-order chi connectivity index (χ1) is 11.2. The number of halogens is 1. The van der Waals surface area contributed by atoms with Crippen LogP contribution in [0.3, 0.4) is 0 Å². The molecule has 0 bridgehead atoms. The molecule has 0 aliphatic carbocycles. The molecule has 6 heteroatoms. The molecule has 118 valence electrons. The number of nitrogens with one attached hydrogen (secondary N) is 1. The average Bonchev–Trinajstić information content (AvgIpc) is 2.88. The number of nitrogens with zero attached hydrogens (tertiary/aromatic N) is 1. The zero-order chi connectivity index (χ0) is 16.0. The van der Waals surface area contributed by atoms with Gasteiger partial charge < -0.3 is 9.64 Å². The molecule has 2 aromatic carbocycles. The molecule has 0 atom stereocenters. The lowest BCUT2D eigenvalue weighted by Crippen LogP contribution is -2.45. The molecule has 1 aromatic heterocycles. The Bertz CT molecular complexity index is 928. The number of rotatable bonds is 3. The number of benzene rings is 2. The second-order valence-corrected chi connectivity index (χ2v) is 6.96. The highest BCUT2D eigenvalue weighted by Crippen LogP contribution is 2.37. The van der Waals surface area contributed by atoms with Crippen LogP contribution >= 0.6 is 23.1 Å². The van der Waals surface area contributed by atoms with Gasteiger partial charge in [-0.2, -0.15) is 0 Å². The van der Waals surface area contributed by atoms with Gasteiger partial charge in [0.25, 0.3) is 5.56 Å². The van der Waals surface area contributed by atoms with Crippen molar-refractivity contribution in [1.29, 1.82) is 0 Å². The Morgan fingerprint density at radius 2 is 2.09 bits per heavy atom. The molecule has 0 saturated carbocycles. The molecule has 1 saturated heterocycles. The van der Waals surface area contributed by atoms with Crippen molar-refractivity contribution in [3.8, 4) is 5.75 Å². The fraction of sp³-hybridized carbons (Fsp3) is 0.235. The highest BCUT2D eigenvalue weighted by molar-refractivity contribution is 7.13. The number of methoxy groups -OCH3 is 1. The smallest absolute Gasteiger partial charge is 0.265 e. The Labute approximate surface area is 142 Å². The van der Waals surface area contributed by atoms with E-state index in [0.29, 0.717) is 5.92 Å². The standard InChI is InChI=1S/C17H15ClN2O2S/c1-22-12-3-4-13(15(18)7-12)10-8-20(9-10)11-2-5-16-14(6-11)17(21)19-23-16/h2-7,10H,8-9H2,1H3,(H,19,21). The van der Waals surface area contributed by atoms with E-state index in [4.69, 9.17) is 16.3 Å². The number of fused-ring (bicyclic) bond motifs is 1. The van der Waals surface area contributed by atoms with Crippen LogP contribution in [0.1, 0.15) is 11.5 Å². The second kappa shape index (κ2) is 5.58. The fourth-order valence-corrected chi connectivity index (χ4v) is 4.02. The van der Waals surface area contributed by atoms with Crippen molar-refractivity contribution in [2.45, 2.75) is 5.92 Å². The number of hydrogen-bond donors (Lipinski definition) is 1. The Morgan fingerprint density at radius 1 is 1.26 bits per heavy atom. The van der Waals surface area contributed by atoms with E-state index in [1.165, 1.54) is 11.5 Å². The van der Waals surface area contributed by atoms with Crippen LogP contribution in [0.25, 0.3) is 10.1 Å². The van der Waals surface area contributed by atoms with Gasteiger partial charge in [0, 0.05) is 29.7 Å². The molecule has 1 fully saturated rings. The van der Waals surface area contributed by atoms with E-state index in [1.54, 1.807) is 7.11 Å². The Hall–Kier alpha value is -1.98. The van der Waals surface area contributed by atoms with Crippen LogP contribution < -0.4 is 15.2 Å². The predicted molar refractivity (Wildman–Crippen MR) is 95.4 cm³/mol. The number of aromatic amines is 1. The largest absolute Gasteiger partial charge is 0.497 e. The van der Waals surface area contributed by atoms with E-state index in [-0.39, 0.29) is 5.56 Å². The van der Waals surface area contributed by atoms with Gasteiger partial charge in [0.15, 0.2) is 0 Å². The Balaban J connectivity index is 1.54. The van der Waals surface area contributed by atoms with Gasteiger partial charge in [-0.3, -0.25) is 9.17 Å². The molecule has 0 radical (unpaired) electrons. The van der Waals surface area contributed by atoms with Crippen molar-refractivity contribution in [2.24, 2.45) is 0 Å². The van der Waals surface area contributed by atoms with E-state index in [1.807, 2.05) is 30.3 Å². The number of hydrogen-bond acceptors (Lipinski definition) is 4. The first kappa shape index (κ1) is 14.6. The fourth-order valence-electron chi connectivity index (χ4n) is 2.99. The Morgan fingerprint density at radius 3 is 2.83 bits per heavy atom. The van der Waals surface area contributed by atoms with Gasteiger partial charge in [-0.05, 0) is 35.9 Å².